The third kappa shape index (κ3) is 4.01. The first kappa shape index (κ1) is 33.2. The Morgan fingerprint density at radius 2 is 1.85 bits per heavy atom. The summed E-state index contributed by atoms with van der Waals surface area (Å²) in [5.41, 5.74) is 2.08. The number of esters is 2. The van der Waals surface area contributed by atoms with Crippen molar-refractivity contribution in [2.45, 2.75) is 94.5 Å². The molecule has 0 amide bonds. The van der Waals surface area contributed by atoms with Crippen LogP contribution in [-0.4, -0.2) is 110 Å². The molecule has 1 aromatic carbocycles. The smallest absolute Gasteiger partial charge is 0.340 e. The molecule has 1 saturated heterocycles. The minimum absolute atomic E-state index is 0.106. The quantitative estimate of drug-likeness (QED) is 0.252. The van der Waals surface area contributed by atoms with Gasteiger partial charge in [0.05, 0.1) is 42.4 Å². The van der Waals surface area contributed by atoms with Crippen molar-refractivity contribution in [2.75, 3.05) is 46.8 Å². The van der Waals surface area contributed by atoms with Gasteiger partial charge in [0.1, 0.15) is 17.3 Å². The van der Waals surface area contributed by atoms with Gasteiger partial charge >= 0.3 is 11.9 Å². The number of carbonyl (C=O) groups is 2. The fraction of sp³-hybridized carbons (Fsp3) is 0.778. The maximum atomic E-state index is 13.5. The Labute approximate surface area is 277 Å². The maximum absolute atomic E-state index is 13.5. The molecule has 0 radical (unpaired) electrons. The lowest BCUT2D eigenvalue weighted by molar-refractivity contribution is -0.319. The predicted molar refractivity (Wildman–Crippen MR) is 171 cm³/mol. The second-order valence-corrected chi connectivity index (χ2v) is 15.4. The summed E-state index contributed by atoms with van der Waals surface area (Å²) < 4.78 is 31.5. The van der Waals surface area contributed by atoms with E-state index >= 15 is 0 Å². The number of rotatable bonds is 10. The van der Waals surface area contributed by atoms with Crippen molar-refractivity contribution in [2.24, 2.45) is 40.4 Å². The molecule has 0 aromatic heterocycles. The first-order valence-corrected chi connectivity index (χ1v) is 17.4. The van der Waals surface area contributed by atoms with E-state index in [1.807, 2.05) is 13.8 Å². The zero-order valence-electron chi connectivity index (χ0n) is 28.5. The van der Waals surface area contributed by atoms with E-state index in [1.165, 1.54) is 0 Å². The van der Waals surface area contributed by atoms with Crippen LogP contribution in [0.15, 0.2) is 24.3 Å². The highest BCUT2D eigenvalue weighted by atomic mass is 16.6. The number of nitrogens with zero attached hydrogens (tertiary/aromatic N) is 1. The minimum atomic E-state index is -1.76. The monoisotopic (exact) mass is 656 g/mol. The van der Waals surface area contributed by atoms with Gasteiger partial charge in [-0.15, -0.1) is 0 Å². The largest absolute Gasteiger partial charge is 0.461 e. The van der Waals surface area contributed by atoms with Gasteiger partial charge in [0.15, 0.2) is 0 Å². The molecule has 6 aliphatic rings. The Kier molecular flexibility index (Phi) is 8.05. The zero-order chi connectivity index (χ0) is 33.7. The highest BCUT2D eigenvalue weighted by Crippen LogP contribution is 2.80. The molecule has 14 unspecified atom stereocenters. The molecule has 11 heteroatoms. The lowest BCUT2D eigenvalue weighted by Gasteiger charge is -2.70. The van der Waals surface area contributed by atoms with Gasteiger partial charge in [-0.05, 0) is 50.3 Å². The van der Waals surface area contributed by atoms with E-state index in [-0.39, 0.29) is 48.8 Å². The number of nitrogen functional groups attached to an aromatic ring is 1. The minimum Gasteiger partial charge on any atom is -0.461 e. The number of likely N-dealkylation sites (tertiary alicyclic amines) is 1. The Bertz CT molecular complexity index is 1410. The zero-order valence-corrected chi connectivity index (χ0v) is 28.5. The molecule has 1 heterocycles. The number of piperidine rings is 1. The van der Waals surface area contributed by atoms with Gasteiger partial charge in [-0.3, -0.25) is 9.69 Å². The number of hydrogen-bond donors (Lipinski definition) is 3. The van der Waals surface area contributed by atoms with E-state index in [9.17, 15) is 19.8 Å². The van der Waals surface area contributed by atoms with Gasteiger partial charge in [-0.1, -0.05) is 32.9 Å². The Balaban J connectivity index is 1.39. The number of likely N-dealkylation sites (N-methyl/N-ethyl adjacent to an activating group) is 1. The van der Waals surface area contributed by atoms with E-state index in [0.29, 0.717) is 50.0 Å². The number of fused-ring (bicyclic) bond motifs is 2. The van der Waals surface area contributed by atoms with Crippen LogP contribution in [0.4, 0.5) is 5.69 Å². The number of ether oxygens (including phenoxy) is 5. The SMILES string of the molecule is CCC(C)C(=O)OC1C2CC3C1C(O)(CC2OC)C1(O)C(OC)C2C4(COC(=O)c5ccccc5N)CCC(OC)C32C1N(CC)C4. The highest BCUT2D eigenvalue weighted by Gasteiger charge is 2.92. The van der Waals surface area contributed by atoms with Crippen LogP contribution in [0.2, 0.25) is 0 Å². The summed E-state index contributed by atoms with van der Waals surface area (Å²) in [6.45, 7) is 7.16. The highest BCUT2D eigenvalue weighted by molar-refractivity contribution is 5.95. The fourth-order valence-corrected chi connectivity index (χ4v) is 12.2. The summed E-state index contributed by atoms with van der Waals surface area (Å²) in [5.74, 6) is -2.27. The van der Waals surface area contributed by atoms with Gasteiger partial charge < -0.3 is 39.6 Å². The first-order valence-electron chi connectivity index (χ1n) is 17.4. The van der Waals surface area contributed by atoms with Gasteiger partial charge in [-0.25, -0.2) is 4.79 Å². The molecule has 5 aliphatic carbocycles. The van der Waals surface area contributed by atoms with Crippen molar-refractivity contribution in [1.82, 2.24) is 4.90 Å². The van der Waals surface area contributed by atoms with Gasteiger partial charge in [0, 0.05) is 68.6 Å². The van der Waals surface area contributed by atoms with Crippen molar-refractivity contribution in [1.29, 1.82) is 0 Å². The summed E-state index contributed by atoms with van der Waals surface area (Å²) in [5, 5.41) is 26.8. The number of methoxy groups -OCH3 is 3. The fourth-order valence-electron chi connectivity index (χ4n) is 12.2. The first-order chi connectivity index (χ1) is 22.4. The summed E-state index contributed by atoms with van der Waals surface area (Å²) in [6.07, 6.45) is 0.731. The molecule has 14 atom stereocenters. The van der Waals surface area contributed by atoms with E-state index in [1.54, 1.807) is 45.6 Å². The molecule has 1 aromatic rings. The molecule has 1 spiro atoms. The topological polar surface area (TPSA) is 150 Å². The average Bonchev–Trinajstić information content (AvgIpc) is 3.46. The van der Waals surface area contributed by atoms with Crippen LogP contribution in [0.3, 0.4) is 0 Å². The van der Waals surface area contributed by atoms with Crippen molar-refractivity contribution in [3.63, 3.8) is 0 Å². The van der Waals surface area contributed by atoms with Crippen LogP contribution < -0.4 is 5.73 Å². The normalized spacial score (nSPS) is 46.6. The molecule has 11 nitrogen and oxygen atoms in total. The molecular formula is C36H52N2O9. The molecule has 7 rings (SSSR count). The summed E-state index contributed by atoms with van der Waals surface area (Å²) >= 11 is 0. The number of benzene rings is 1. The molecule has 6 fully saturated rings. The predicted octanol–water partition coefficient (Wildman–Crippen LogP) is 2.66. The number of carbonyl (C=O) groups excluding carboxylic acids is 2. The van der Waals surface area contributed by atoms with Crippen LogP contribution >= 0.6 is 0 Å². The van der Waals surface area contributed by atoms with Crippen molar-refractivity contribution >= 4 is 17.6 Å². The number of hydrogen-bond acceptors (Lipinski definition) is 11. The standard InChI is InChI=1S/C36H52N2O9/c1-7-19(3)30(39)47-27-21-15-22-26(27)34(41,16-24(21)43-4)36(42)29(45-6)28-33(18-46-31(40)20-11-9-10-12-23(20)37)14-13-25(44-5)35(22,28)32(36)38(8-2)17-33/h9-12,19,21-22,24-29,32,41-42H,7-8,13-18,37H2,1-6H3. The van der Waals surface area contributed by atoms with Gasteiger partial charge in [0.25, 0.3) is 0 Å². The third-order valence-corrected chi connectivity index (χ3v) is 14.0. The van der Waals surface area contributed by atoms with E-state index < -0.39 is 58.3 Å². The molecule has 1 aliphatic heterocycles. The maximum Gasteiger partial charge on any atom is 0.340 e. The van der Waals surface area contributed by atoms with E-state index in [0.717, 1.165) is 0 Å². The lowest BCUT2D eigenvalue weighted by Crippen LogP contribution is -2.82. The second-order valence-electron chi connectivity index (χ2n) is 15.4. The molecule has 47 heavy (non-hydrogen) atoms. The Morgan fingerprint density at radius 1 is 1.11 bits per heavy atom. The second kappa shape index (κ2) is 11.4. The molecule has 7 bridgehead atoms. The lowest BCUT2D eigenvalue weighted by atomic mass is 9.42. The summed E-state index contributed by atoms with van der Waals surface area (Å²) in [7, 11) is 4.97. The number of anilines is 1. The van der Waals surface area contributed by atoms with Crippen LogP contribution in [0.5, 0.6) is 0 Å². The Hall–Kier alpha value is -2.28. The summed E-state index contributed by atoms with van der Waals surface area (Å²) in [4.78, 5) is 29.2. The average molecular weight is 657 g/mol. The molecular weight excluding hydrogens is 604 g/mol. The number of aliphatic hydroxyl groups is 2. The van der Waals surface area contributed by atoms with Crippen LogP contribution in [0.25, 0.3) is 0 Å². The van der Waals surface area contributed by atoms with Crippen molar-refractivity contribution in [3.8, 4) is 0 Å². The molecule has 4 N–H and O–H groups in total. The molecule has 260 valence electrons. The Morgan fingerprint density at radius 3 is 2.49 bits per heavy atom. The third-order valence-electron chi connectivity index (χ3n) is 14.0. The van der Waals surface area contributed by atoms with Crippen LogP contribution in [0.1, 0.15) is 63.2 Å². The van der Waals surface area contributed by atoms with E-state index in [4.69, 9.17) is 29.4 Å². The van der Waals surface area contributed by atoms with Crippen LogP contribution in [-0.2, 0) is 28.5 Å². The van der Waals surface area contributed by atoms with Gasteiger partial charge in [-0.2, -0.15) is 0 Å². The summed E-state index contributed by atoms with van der Waals surface area (Å²) in [6, 6.07) is 6.39. The van der Waals surface area contributed by atoms with E-state index in [2.05, 4.69) is 11.8 Å². The van der Waals surface area contributed by atoms with Crippen molar-refractivity contribution in [3.05, 3.63) is 29.8 Å². The number of para-hydroxylation sites is 1. The van der Waals surface area contributed by atoms with Crippen molar-refractivity contribution < 1.29 is 43.5 Å². The molecule has 5 saturated carbocycles. The number of nitrogens with two attached hydrogens (primary N) is 1. The van der Waals surface area contributed by atoms with Gasteiger partial charge in [0.2, 0.25) is 0 Å². The van der Waals surface area contributed by atoms with Crippen LogP contribution in [0, 0.1) is 40.4 Å².